The zero-order valence-corrected chi connectivity index (χ0v) is 16.0. The van der Waals surface area contributed by atoms with E-state index < -0.39 is 35.2 Å². The average Bonchev–Trinajstić information content (AvgIpc) is 3.12. The first-order valence-electron chi connectivity index (χ1n) is 9.08. The standard InChI is InChI=1S/C19H16F4N6O/c1-10-3-6-24-14(9-10)29-13-5-8-28(11(2)16(13)26-27-29)18(30)12-4-7-25-17(15(12)20)19(21,22)23/h3-4,6-7,9,11H,5,8H2,1-2H3/t11-/m1/s1. The number of fused-ring (bicyclic) bond motifs is 1. The SMILES string of the molecule is Cc1ccnc(-n2nnc3c2CCN(C(=O)c2ccnc(C(F)(F)F)c2F)[C@@H]3C)c1. The van der Waals surface area contributed by atoms with Gasteiger partial charge >= 0.3 is 6.18 Å². The van der Waals surface area contributed by atoms with E-state index in [0.29, 0.717) is 17.9 Å². The van der Waals surface area contributed by atoms with Gasteiger partial charge in [-0.1, -0.05) is 5.21 Å². The first-order valence-corrected chi connectivity index (χ1v) is 9.08. The number of hydrogen-bond acceptors (Lipinski definition) is 5. The van der Waals surface area contributed by atoms with Crippen LogP contribution in [0.4, 0.5) is 17.6 Å². The molecule has 11 heteroatoms. The van der Waals surface area contributed by atoms with Crippen molar-refractivity contribution < 1.29 is 22.4 Å². The van der Waals surface area contributed by atoms with Crippen LogP contribution in [0.25, 0.3) is 5.82 Å². The van der Waals surface area contributed by atoms with E-state index in [1.165, 1.54) is 4.90 Å². The summed E-state index contributed by atoms with van der Waals surface area (Å²) in [5, 5.41) is 8.27. The molecule has 1 atom stereocenters. The summed E-state index contributed by atoms with van der Waals surface area (Å²) in [4.78, 5) is 21.5. The number of carbonyl (C=O) groups is 1. The first-order chi connectivity index (χ1) is 14.2. The van der Waals surface area contributed by atoms with E-state index in [0.717, 1.165) is 23.5 Å². The van der Waals surface area contributed by atoms with Gasteiger partial charge in [0.1, 0.15) is 5.69 Å². The van der Waals surface area contributed by atoms with Crippen molar-refractivity contribution in [2.24, 2.45) is 0 Å². The molecule has 156 valence electrons. The van der Waals surface area contributed by atoms with Gasteiger partial charge in [-0.05, 0) is 37.6 Å². The molecule has 3 aromatic heterocycles. The third kappa shape index (κ3) is 3.29. The van der Waals surface area contributed by atoms with Gasteiger partial charge in [0.25, 0.3) is 5.91 Å². The summed E-state index contributed by atoms with van der Waals surface area (Å²) < 4.78 is 54.8. The number of amides is 1. The van der Waals surface area contributed by atoms with Crippen molar-refractivity contribution in [1.29, 1.82) is 0 Å². The maximum absolute atomic E-state index is 14.4. The van der Waals surface area contributed by atoms with Crippen molar-refractivity contribution in [1.82, 2.24) is 29.9 Å². The van der Waals surface area contributed by atoms with Gasteiger partial charge in [0, 0.05) is 25.4 Å². The van der Waals surface area contributed by atoms with Gasteiger partial charge in [-0.2, -0.15) is 17.9 Å². The van der Waals surface area contributed by atoms with E-state index in [4.69, 9.17) is 0 Å². The van der Waals surface area contributed by atoms with Gasteiger partial charge in [0.15, 0.2) is 17.3 Å². The van der Waals surface area contributed by atoms with Gasteiger partial charge in [-0.15, -0.1) is 5.10 Å². The smallest absolute Gasteiger partial charge is 0.330 e. The summed E-state index contributed by atoms with van der Waals surface area (Å²) in [6, 6.07) is 4.01. The molecule has 0 saturated heterocycles. The lowest BCUT2D eigenvalue weighted by Gasteiger charge is -2.32. The number of halogens is 4. The molecule has 7 nitrogen and oxygen atoms in total. The van der Waals surface area contributed by atoms with Crippen LogP contribution < -0.4 is 0 Å². The predicted molar refractivity (Wildman–Crippen MR) is 96.2 cm³/mol. The summed E-state index contributed by atoms with van der Waals surface area (Å²) >= 11 is 0. The second-order valence-electron chi connectivity index (χ2n) is 6.97. The lowest BCUT2D eigenvalue weighted by molar-refractivity contribution is -0.143. The lowest BCUT2D eigenvalue weighted by atomic mass is 10.0. The Morgan fingerprint density at radius 3 is 2.63 bits per heavy atom. The summed E-state index contributed by atoms with van der Waals surface area (Å²) in [7, 11) is 0. The Balaban J connectivity index is 1.67. The van der Waals surface area contributed by atoms with Crippen LogP contribution in [-0.4, -0.2) is 42.3 Å². The van der Waals surface area contributed by atoms with Crippen LogP contribution in [0.5, 0.6) is 0 Å². The number of carbonyl (C=O) groups excluding carboxylic acids is 1. The normalized spacial score (nSPS) is 16.5. The summed E-state index contributed by atoms with van der Waals surface area (Å²) in [6.07, 6.45) is -2.23. The molecule has 1 aliphatic rings. The molecule has 30 heavy (non-hydrogen) atoms. The number of aromatic nitrogens is 5. The molecule has 4 rings (SSSR count). The predicted octanol–water partition coefficient (Wildman–Crippen LogP) is 3.28. The zero-order chi connectivity index (χ0) is 21.6. The van der Waals surface area contributed by atoms with Gasteiger partial charge < -0.3 is 4.90 Å². The van der Waals surface area contributed by atoms with Crippen LogP contribution >= 0.6 is 0 Å². The van der Waals surface area contributed by atoms with Crippen LogP contribution in [0.1, 0.15) is 46.0 Å². The minimum atomic E-state index is -5.00. The number of aryl methyl sites for hydroxylation is 1. The number of nitrogens with zero attached hydrogens (tertiary/aromatic N) is 6. The van der Waals surface area contributed by atoms with Crippen molar-refractivity contribution >= 4 is 5.91 Å². The van der Waals surface area contributed by atoms with E-state index in [9.17, 15) is 22.4 Å². The second kappa shape index (κ2) is 7.15. The Morgan fingerprint density at radius 2 is 1.93 bits per heavy atom. The minimum Gasteiger partial charge on any atom is -0.330 e. The molecule has 0 unspecified atom stereocenters. The highest BCUT2D eigenvalue weighted by atomic mass is 19.4. The molecule has 0 aromatic carbocycles. The molecule has 1 amide bonds. The average molecular weight is 420 g/mol. The van der Waals surface area contributed by atoms with Crippen molar-refractivity contribution in [3.05, 3.63) is 64.6 Å². The number of rotatable bonds is 2. The topological polar surface area (TPSA) is 76.8 Å². The maximum atomic E-state index is 14.4. The van der Waals surface area contributed by atoms with Crippen molar-refractivity contribution in [2.45, 2.75) is 32.5 Å². The molecule has 0 spiro atoms. The molecule has 0 saturated carbocycles. The van der Waals surface area contributed by atoms with Crippen LogP contribution in [0.15, 0.2) is 30.6 Å². The molecule has 0 aliphatic carbocycles. The highest BCUT2D eigenvalue weighted by molar-refractivity contribution is 5.95. The fourth-order valence-electron chi connectivity index (χ4n) is 3.50. The van der Waals surface area contributed by atoms with Crippen molar-refractivity contribution in [3.63, 3.8) is 0 Å². The van der Waals surface area contributed by atoms with Crippen LogP contribution in [0.2, 0.25) is 0 Å². The van der Waals surface area contributed by atoms with Crippen LogP contribution in [-0.2, 0) is 12.6 Å². The third-order valence-corrected chi connectivity index (χ3v) is 5.01. The molecule has 3 aromatic rings. The van der Waals surface area contributed by atoms with E-state index in [2.05, 4.69) is 20.3 Å². The Kier molecular flexibility index (Phi) is 4.75. The maximum Gasteiger partial charge on any atom is 0.436 e. The fraction of sp³-hybridized carbons (Fsp3) is 0.316. The van der Waals surface area contributed by atoms with Gasteiger partial charge in [0.2, 0.25) is 0 Å². The molecular weight excluding hydrogens is 404 g/mol. The van der Waals surface area contributed by atoms with E-state index in [1.807, 2.05) is 19.1 Å². The Morgan fingerprint density at radius 1 is 1.20 bits per heavy atom. The number of pyridine rings is 2. The van der Waals surface area contributed by atoms with Gasteiger partial charge in [-0.3, -0.25) is 4.79 Å². The second-order valence-corrected chi connectivity index (χ2v) is 6.97. The Bertz CT molecular complexity index is 1130. The van der Waals surface area contributed by atoms with E-state index in [-0.39, 0.29) is 6.54 Å². The summed E-state index contributed by atoms with van der Waals surface area (Å²) in [6.45, 7) is 3.74. The Labute approximate surface area is 168 Å². The lowest BCUT2D eigenvalue weighted by Crippen LogP contribution is -2.40. The van der Waals surface area contributed by atoms with Crippen molar-refractivity contribution in [3.8, 4) is 5.82 Å². The molecule has 1 aliphatic heterocycles. The number of alkyl halides is 3. The quantitative estimate of drug-likeness (QED) is 0.595. The summed E-state index contributed by atoms with van der Waals surface area (Å²) in [5.74, 6) is -1.96. The van der Waals surface area contributed by atoms with Gasteiger partial charge in [-0.25, -0.2) is 14.4 Å². The molecule has 4 heterocycles. The zero-order valence-electron chi connectivity index (χ0n) is 16.0. The monoisotopic (exact) mass is 420 g/mol. The molecule has 0 fully saturated rings. The third-order valence-electron chi connectivity index (χ3n) is 5.01. The first kappa shape index (κ1) is 19.9. The van der Waals surface area contributed by atoms with Crippen LogP contribution in [0, 0.1) is 12.7 Å². The molecule has 0 bridgehead atoms. The fourth-order valence-corrected chi connectivity index (χ4v) is 3.50. The summed E-state index contributed by atoms with van der Waals surface area (Å²) in [5.41, 5.74) is -0.173. The largest absolute Gasteiger partial charge is 0.436 e. The minimum absolute atomic E-state index is 0.162. The van der Waals surface area contributed by atoms with Crippen LogP contribution in [0.3, 0.4) is 0 Å². The van der Waals surface area contributed by atoms with Gasteiger partial charge in [0.05, 0.1) is 17.3 Å². The highest BCUT2D eigenvalue weighted by Gasteiger charge is 2.40. The number of hydrogen-bond donors (Lipinski definition) is 0. The Hall–Kier alpha value is -3.37. The van der Waals surface area contributed by atoms with Crippen molar-refractivity contribution in [2.75, 3.05) is 6.54 Å². The molecule has 0 radical (unpaired) electrons. The molecule has 0 N–H and O–H groups in total. The van der Waals surface area contributed by atoms with E-state index >= 15 is 0 Å². The van der Waals surface area contributed by atoms with E-state index in [1.54, 1.807) is 17.8 Å². The highest BCUT2D eigenvalue weighted by Crippen LogP contribution is 2.33. The molecular formula is C19H16F4N6O.